The zero-order valence-electron chi connectivity index (χ0n) is 12.6. The predicted molar refractivity (Wildman–Crippen MR) is 90.3 cm³/mol. The highest BCUT2D eigenvalue weighted by Crippen LogP contribution is 2.48. The summed E-state index contributed by atoms with van der Waals surface area (Å²) >= 11 is 18.8. The van der Waals surface area contributed by atoms with Crippen LogP contribution in [0.3, 0.4) is 0 Å². The summed E-state index contributed by atoms with van der Waals surface area (Å²) in [6.45, 7) is 0. The average molecular weight is 386 g/mol. The standard InChI is InChI=1S/C16H11Cl3N2O3/c1-22-11-4-3-5-12(23-2)14(11)24-16(19)6-9(7-20)10(8-21)13(17)15(16)18/h3-6,10H,1-2H3. The van der Waals surface area contributed by atoms with Crippen molar-refractivity contribution in [2.75, 3.05) is 14.2 Å². The van der Waals surface area contributed by atoms with E-state index in [4.69, 9.17) is 54.3 Å². The van der Waals surface area contributed by atoms with Gasteiger partial charge in [0.1, 0.15) is 5.92 Å². The number of hydrogen-bond donors (Lipinski definition) is 0. The van der Waals surface area contributed by atoms with Gasteiger partial charge >= 0.3 is 0 Å². The van der Waals surface area contributed by atoms with Crippen molar-refractivity contribution in [3.05, 3.63) is 39.9 Å². The van der Waals surface area contributed by atoms with Crippen molar-refractivity contribution in [1.82, 2.24) is 0 Å². The summed E-state index contributed by atoms with van der Waals surface area (Å²) in [4.78, 5) is 0. The third-order valence-corrected chi connectivity index (χ3v) is 4.77. The maximum atomic E-state index is 9.24. The fourth-order valence-corrected chi connectivity index (χ4v) is 2.99. The molecule has 8 heteroatoms. The normalized spacial score (nSPS) is 23.0. The summed E-state index contributed by atoms with van der Waals surface area (Å²) in [5.41, 5.74) is 0.0377. The Bertz CT molecular complexity index is 786. The van der Waals surface area contributed by atoms with Crippen molar-refractivity contribution < 1.29 is 14.2 Å². The molecule has 1 aromatic carbocycles. The molecular weight excluding hydrogens is 375 g/mol. The molecule has 1 aliphatic rings. The third-order valence-electron chi connectivity index (χ3n) is 3.31. The first-order valence-corrected chi connectivity index (χ1v) is 7.72. The summed E-state index contributed by atoms with van der Waals surface area (Å²) in [5.74, 6) is -0.100. The van der Waals surface area contributed by atoms with E-state index in [-0.39, 0.29) is 21.4 Å². The number of para-hydroxylation sites is 1. The van der Waals surface area contributed by atoms with Crippen LogP contribution in [0.25, 0.3) is 0 Å². The number of rotatable bonds is 4. The summed E-state index contributed by atoms with van der Waals surface area (Å²) < 4.78 is 16.3. The van der Waals surface area contributed by atoms with Gasteiger partial charge in [0.15, 0.2) is 11.5 Å². The zero-order chi connectivity index (χ0) is 17.9. The molecule has 0 radical (unpaired) electrons. The van der Waals surface area contributed by atoms with Gasteiger partial charge in [0.2, 0.25) is 10.8 Å². The second kappa shape index (κ2) is 7.23. The molecule has 2 atom stereocenters. The lowest BCUT2D eigenvalue weighted by atomic mass is 9.93. The van der Waals surface area contributed by atoms with Gasteiger partial charge in [-0.25, -0.2) is 0 Å². The number of nitrogens with zero attached hydrogens (tertiary/aromatic N) is 2. The number of methoxy groups -OCH3 is 2. The highest BCUT2D eigenvalue weighted by Gasteiger charge is 2.42. The highest BCUT2D eigenvalue weighted by molar-refractivity contribution is 6.45. The number of halogens is 3. The van der Waals surface area contributed by atoms with E-state index in [1.807, 2.05) is 12.1 Å². The molecule has 0 aromatic heterocycles. The van der Waals surface area contributed by atoms with Gasteiger partial charge in [-0.05, 0) is 18.2 Å². The van der Waals surface area contributed by atoms with E-state index in [0.29, 0.717) is 11.5 Å². The Hall–Kier alpha value is -2.05. The van der Waals surface area contributed by atoms with E-state index in [1.165, 1.54) is 20.3 Å². The monoisotopic (exact) mass is 384 g/mol. The van der Waals surface area contributed by atoms with Gasteiger partial charge in [-0.3, -0.25) is 0 Å². The Morgan fingerprint density at radius 3 is 2.17 bits per heavy atom. The number of hydrogen-bond acceptors (Lipinski definition) is 5. The fourth-order valence-electron chi connectivity index (χ4n) is 2.14. The maximum absolute atomic E-state index is 9.24. The lowest BCUT2D eigenvalue weighted by Gasteiger charge is -2.31. The molecule has 2 unspecified atom stereocenters. The largest absolute Gasteiger partial charge is 0.493 e. The van der Waals surface area contributed by atoms with Crippen molar-refractivity contribution in [3.63, 3.8) is 0 Å². The number of nitriles is 2. The molecule has 0 saturated heterocycles. The van der Waals surface area contributed by atoms with E-state index in [1.54, 1.807) is 18.2 Å². The van der Waals surface area contributed by atoms with Gasteiger partial charge in [-0.1, -0.05) is 40.9 Å². The summed E-state index contributed by atoms with van der Waals surface area (Å²) in [6, 6.07) is 8.79. The van der Waals surface area contributed by atoms with Crippen molar-refractivity contribution in [2.24, 2.45) is 5.92 Å². The van der Waals surface area contributed by atoms with Crippen LogP contribution >= 0.6 is 34.8 Å². The Kier molecular flexibility index (Phi) is 5.51. The molecule has 0 saturated carbocycles. The van der Waals surface area contributed by atoms with Crippen LogP contribution in [0, 0.1) is 28.6 Å². The molecule has 2 rings (SSSR count). The molecule has 0 amide bonds. The van der Waals surface area contributed by atoms with Crippen LogP contribution in [-0.2, 0) is 0 Å². The molecule has 0 N–H and O–H groups in total. The van der Waals surface area contributed by atoms with Crippen LogP contribution in [0.2, 0.25) is 0 Å². The molecule has 0 fully saturated rings. The molecule has 0 aliphatic heterocycles. The van der Waals surface area contributed by atoms with E-state index < -0.39 is 11.0 Å². The molecule has 0 bridgehead atoms. The topological polar surface area (TPSA) is 75.3 Å². The van der Waals surface area contributed by atoms with Crippen LogP contribution in [0.1, 0.15) is 0 Å². The van der Waals surface area contributed by atoms with Crippen LogP contribution in [0.5, 0.6) is 17.2 Å². The first-order chi connectivity index (χ1) is 11.4. The maximum Gasteiger partial charge on any atom is 0.240 e. The van der Waals surface area contributed by atoms with E-state index >= 15 is 0 Å². The molecule has 124 valence electrons. The Morgan fingerprint density at radius 2 is 1.71 bits per heavy atom. The van der Waals surface area contributed by atoms with Crippen molar-refractivity contribution in [3.8, 4) is 29.4 Å². The fraction of sp³-hybridized carbons (Fsp3) is 0.250. The number of alkyl halides is 1. The first kappa shape index (κ1) is 18.3. The molecule has 5 nitrogen and oxygen atoms in total. The second-order valence-corrected chi connectivity index (χ2v) is 6.02. The van der Waals surface area contributed by atoms with Crippen molar-refractivity contribution in [2.45, 2.75) is 5.06 Å². The lowest BCUT2D eigenvalue weighted by Crippen LogP contribution is -2.33. The summed E-state index contributed by atoms with van der Waals surface area (Å²) in [6.07, 6.45) is 1.25. The van der Waals surface area contributed by atoms with Crippen molar-refractivity contribution in [1.29, 1.82) is 10.5 Å². The smallest absolute Gasteiger partial charge is 0.240 e. The number of benzene rings is 1. The van der Waals surface area contributed by atoms with Gasteiger partial charge < -0.3 is 14.2 Å². The Labute approximate surface area is 154 Å². The third kappa shape index (κ3) is 3.12. The van der Waals surface area contributed by atoms with Crippen LogP contribution in [-0.4, -0.2) is 19.3 Å². The van der Waals surface area contributed by atoms with Crippen LogP contribution in [0.4, 0.5) is 0 Å². The van der Waals surface area contributed by atoms with E-state index in [0.717, 1.165) is 0 Å². The average Bonchev–Trinajstić information content (AvgIpc) is 2.59. The SMILES string of the molecule is COc1cccc(OC)c1OC1(Cl)C=C(C#N)C(C#N)C(Cl)=C1Cl. The van der Waals surface area contributed by atoms with Gasteiger partial charge in [-0.2, -0.15) is 10.5 Å². The highest BCUT2D eigenvalue weighted by atomic mass is 35.5. The minimum atomic E-state index is -1.76. The molecular formula is C16H11Cl3N2O3. The minimum Gasteiger partial charge on any atom is -0.493 e. The van der Waals surface area contributed by atoms with E-state index in [2.05, 4.69) is 0 Å². The van der Waals surface area contributed by atoms with Gasteiger partial charge in [0.25, 0.3) is 0 Å². The summed E-state index contributed by atoms with van der Waals surface area (Å²) in [7, 11) is 2.91. The zero-order valence-corrected chi connectivity index (χ0v) is 14.9. The van der Waals surface area contributed by atoms with E-state index in [9.17, 15) is 5.26 Å². The molecule has 1 aromatic rings. The van der Waals surface area contributed by atoms with Gasteiger partial charge in [0.05, 0.1) is 42.0 Å². The lowest BCUT2D eigenvalue weighted by molar-refractivity contribution is 0.222. The summed E-state index contributed by atoms with van der Waals surface area (Å²) in [5, 5.41) is 16.5. The molecule has 0 heterocycles. The molecule has 0 spiro atoms. The second-order valence-electron chi connectivity index (χ2n) is 4.67. The predicted octanol–water partition coefficient (Wildman–Crippen LogP) is 4.31. The molecule has 24 heavy (non-hydrogen) atoms. The van der Waals surface area contributed by atoms with Crippen molar-refractivity contribution >= 4 is 34.8 Å². The number of ether oxygens (including phenoxy) is 3. The Morgan fingerprint density at radius 1 is 1.12 bits per heavy atom. The van der Waals surface area contributed by atoms with Crippen LogP contribution in [0.15, 0.2) is 39.9 Å². The van der Waals surface area contributed by atoms with Crippen LogP contribution < -0.4 is 14.2 Å². The molecule has 1 aliphatic carbocycles. The quantitative estimate of drug-likeness (QED) is 0.722. The number of allylic oxidation sites excluding steroid dienone is 2. The first-order valence-electron chi connectivity index (χ1n) is 6.58. The van der Waals surface area contributed by atoms with Gasteiger partial charge in [-0.15, -0.1) is 0 Å². The van der Waals surface area contributed by atoms with Gasteiger partial charge in [0, 0.05) is 0 Å². The Balaban J connectivity index is 2.57. The minimum absolute atomic E-state index is 0.0377.